The molecule has 14 heavy (non-hydrogen) atoms. The molecule has 0 aromatic heterocycles. The Morgan fingerprint density at radius 2 is 1.93 bits per heavy atom. The summed E-state index contributed by atoms with van der Waals surface area (Å²) in [5.74, 6) is 1.17. The number of allylic oxidation sites excluding steroid dienone is 3. The minimum atomic E-state index is 0.330. The van der Waals surface area contributed by atoms with E-state index in [2.05, 4.69) is 10.2 Å². The zero-order valence-electron chi connectivity index (χ0n) is 8.24. The number of aliphatic hydroxyl groups is 1. The van der Waals surface area contributed by atoms with Crippen molar-refractivity contribution in [2.24, 2.45) is 0 Å². The summed E-state index contributed by atoms with van der Waals surface area (Å²) in [6.07, 6.45) is 11.0. The predicted molar refractivity (Wildman–Crippen MR) is 56.5 cm³/mol. The van der Waals surface area contributed by atoms with Gasteiger partial charge in [0.1, 0.15) is 5.82 Å². The molecule has 0 aromatic rings. The van der Waals surface area contributed by atoms with Crippen LogP contribution in [0.15, 0.2) is 36.0 Å². The van der Waals surface area contributed by atoms with Crippen LogP contribution in [-0.2, 0) is 0 Å². The zero-order valence-corrected chi connectivity index (χ0v) is 8.24. The summed E-state index contributed by atoms with van der Waals surface area (Å²) >= 11 is 0. The summed E-state index contributed by atoms with van der Waals surface area (Å²) < 4.78 is 0. The van der Waals surface area contributed by atoms with Crippen LogP contribution in [0.3, 0.4) is 0 Å². The molecule has 0 amide bonds. The maximum atomic E-state index is 9.75. The average Bonchev–Trinajstić information content (AvgIpc) is 2.44. The molecular formula is C11H16N2O. The maximum Gasteiger partial charge on any atom is 0.156 e. The molecule has 3 heteroatoms. The van der Waals surface area contributed by atoms with Crippen LogP contribution in [0.4, 0.5) is 0 Å². The smallest absolute Gasteiger partial charge is 0.156 e. The van der Waals surface area contributed by atoms with Gasteiger partial charge in [0.25, 0.3) is 0 Å². The Morgan fingerprint density at radius 1 is 1.14 bits per heavy atom. The van der Waals surface area contributed by atoms with Crippen molar-refractivity contribution in [1.29, 1.82) is 0 Å². The number of rotatable bonds is 1. The van der Waals surface area contributed by atoms with Crippen LogP contribution in [0.2, 0.25) is 0 Å². The molecule has 1 fully saturated rings. The van der Waals surface area contributed by atoms with Gasteiger partial charge >= 0.3 is 0 Å². The highest BCUT2D eigenvalue weighted by Crippen LogP contribution is 2.16. The molecular weight excluding hydrogens is 176 g/mol. The van der Waals surface area contributed by atoms with E-state index >= 15 is 0 Å². The van der Waals surface area contributed by atoms with Crippen molar-refractivity contribution >= 4 is 0 Å². The Balaban J connectivity index is 2.14. The second-order valence-corrected chi connectivity index (χ2v) is 3.64. The fraction of sp³-hybridized carbons (Fsp3) is 0.455. The summed E-state index contributed by atoms with van der Waals surface area (Å²) in [7, 11) is 0. The van der Waals surface area contributed by atoms with Crippen LogP contribution in [0.25, 0.3) is 0 Å². The summed E-state index contributed by atoms with van der Waals surface area (Å²) in [5, 5.41) is 12.9. The van der Waals surface area contributed by atoms with Crippen LogP contribution >= 0.6 is 0 Å². The van der Waals surface area contributed by atoms with Crippen molar-refractivity contribution in [3.05, 3.63) is 36.0 Å². The Kier molecular flexibility index (Phi) is 2.77. The highest BCUT2D eigenvalue weighted by Gasteiger charge is 2.15. The summed E-state index contributed by atoms with van der Waals surface area (Å²) in [4.78, 5) is 2.21. The zero-order chi connectivity index (χ0) is 9.80. The fourth-order valence-corrected chi connectivity index (χ4v) is 1.85. The number of hydrogen-bond acceptors (Lipinski definition) is 3. The molecule has 3 nitrogen and oxygen atoms in total. The SMILES string of the molecule is OC1=C(N2CCCCC2)NC=CC=C1. The molecule has 2 aliphatic heterocycles. The highest BCUT2D eigenvalue weighted by molar-refractivity contribution is 5.25. The molecule has 0 unspecified atom stereocenters. The first-order chi connectivity index (χ1) is 6.88. The number of nitrogens with zero attached hydrogens (tertiary/aromatic N) is 1. The van der Waals surface area contributed by atoms with Crippen molar-refractivity contribution in [2.45, 2.75) is 19.3 Å². The number of aliphatic hydroxyl groups excluding tert-OH is 1. The third-order valence-corrected chi connectivity index (χ3v) is 2.60. The van der Waals surface area contributed by atoms with Gasteiger partial charge in [-0.25, -0.2) is 0 Å². The summed E-state index contributed by atoms with van der Waals surface area (Å²) in [5.41, 5.74) is 0. The van der Waals surface area contributed by atoms with Crippen molar-refractivity contribution in [3.8, 4) is 0 Å². The van der Waals surface area contributed by atoms with E-state index in [0.717, 1.165) is 18.9 Å². The molecule has 1 saturated heterocycles. The minimum Gasteiger partial charge on any atom is -0.504 e. The molecule has 0 radical (unpaired) electrons. The summed E-state index contributed by atoms with van der Waals surface area (Å²) in [6, 6.07) is 0. The van der Waals surface area contributed by atoms with E-state index in [4.69, 9.17) is 0 Å². The molecule has 0 bridgehead atoms. The molecule has 2 rings (SSSR count). The molecule has 2 heterocycles. The van der Waals surface area contributed by atoms with Crippen molar-refractivity contribution < 1.29 is 5.11 Å². The van der Waals surface area contributed by atoms with Gasteiger partial charge in [-0.3, -0.25) is 0 Å². The fourth-order valence-electron chi connectivity index (χ4n) is 1.85. The average molecular weight is 192 g/mol. The first kappa shape index (κ1) is 9.19. The first-order valence-electron chi connectivity index (χ1n) is 5.16. The van der Waals surface area contributed by atoms with Crippen molar-refractivity contribution in [3.63, 3.8) is 0 Å². The Bertz CT molecular complexity index is 286. The maximum absolute atomic E-state index is 9.75. The largest absolute Gasteiger partial charge is 0.504 e. The van der Waals surface area contributed by atoms with Gasteiger partial charge in [-0.05, 0) is 31.4 Å². The molecule has 2 aliphatic rings. The third-order valence-electron chi connectivity index (χ3n) is 2.60. The predicted octanol–water partition coefficient (Wildman–Crippen LogP) is 1.87. The molecule has 0 spiro atoms. The van der Waals surface area contributed by atoms with Gasteiger partial charge in [0.15, 0.2) is 5.76 Å². The topological polar surface area (TPSA) is 35.5 Å². The number of likely N-dealkylation sites (tertiary alicyclic amines) is 1. The molecule has 0 aromatic carbocycles. The standard InChI is InChI=1S/C11H16N2O/c14-10-6-2-3-7-12-11(10)13-8-4-1-5-9-13/h2-3,6-7,12,14H,1,4-5,8-9H2. The second-order valence-electron chi connectivity index (χ2n) is 3.64. The molecule has 76 valence electrons. The third kappa shape index (κ3) is 1.92. The van der Waals surface area contributed by atoms with Gasteiger partial charge in [-0.2, -0.15) is 0 Å². The van der Waals surface area contributed by atoms with E-state index in [1.54, 1.807) is 6.08 Å². The van der Waals surface area contributed by atoms with Gasteiger partial charge in [-0.1, -0.05) is 6.08 Å². The van der Waals surface area contributed by atoms with Gasteiger partial charge in [-0.15, -0.1) is 0 Å². The van der Waals surface area contributed by atoms with Crippen LogP contribution in [0, 0.1) is 0 Å². The number of nitrogens with one attached hydrogen (secondary N) is 1. The molecule has 0 aliphatic carbocycles. The van der Waals surface area contributed by atoms with Crippen LogP contribution in [-0.4, -0.2) is 23.1 Å². The van der Waals surface area contributed by atoms with Gasteiger partial charge in [0.05, 0.1) is 0 Å². The number of piperidine rings is 1. The molecule has 0 atom stereocenters. The van der Waals surface area contributed by atoms with Gasteiger partial charge in [0, 0.05) is 19.3 Å². The Labute approximate surface area is 84.4 Å². The van der Waals surface area contributed by atoms with Crippen molar-refractivity contribution in [2.75, 3.05) is 13.1 Å². The lowest BCUT2D eigenvalue weighted by Crippen LogP contribution is -2.34. The second kappa shape index (κ2) is 4.22. The number of hydrogen-bond donors (Lipinski definition) is 2. The van der Waals surface area contributed by atoms with E-state index < -0.39 is 0 Å². The van der Waals surface area contributed by atoms with Crippen LogP contribution in [0.5, 0.6) is 0 Å². The first-order valence-corrected chi connectivity index (χ1v) is 5.16. The van der Waals surface area contributed by atoms with Gasteiger partial charge < -0.3 is 15.3 Å². The monoisotopic (exact) mass is 192 g/mol. The van der Waals surface area contributed by atoms with E-state index in [0.29, 0.717) is 5.76 Å². The normalized spacial score (nSPS) is 22.1. The quantitative estimate of drug-likeness (QED) is 0.665. The van der Waals surface area contributed by atoms with E-state index in [1.165, 1.54) is 19.3 Å². The Hall–Kier alpha value is -1.38. The lowest BCUT2D eigenvalue weighted by molar-refractivity contribution is 0.255. The highest BCUT2D eigenvalue weighted by atomic mass is 16.3. The minimum absolute atomic E-state index is 0.330. The van der Waals surface area contributed by atoms with Gasteiger partial charge in [0.2, 0.25) is 0 Å². The van der Waals surface area contributed by atoms with E-state index in [1.807, 2.05) is 18.4 Å². The van der Waals surface area contributed by atoms with Crippen LogP contribution in [0.1, 0.15) is 19.3 Å². The lowest BCUT2D eigenvalue weighted by atomic mass is 10.1. The molecule has 2 N–H and O–H groups in total. The van der Waals surface area contributed by atoms with E-state index in [-0.39, 0.29) is 0 Å². The van der Waals surface area contributed by atoms with E-state index in [9.17, 15) is 5.11 Å². The molecule has 0 saturated carbocycles. The van der Waals surface area contributed by atoms with Crippen molar-refractivity contribution in [1.82, 2.24) is 10.2 Å². The Morgan fingerprint density at radius 3 is 2.71 bits per heavy atom. The lowest BCUT2D eigenvalue weighted by Gasteiger charge is -2.30. The van der Waals surface area contributed by atoms with Crippen LogP contribution < -0.4 is 5.32 Å². The summed E-state index contributed by atoms with van der Waals surface area (Å²) in [6.45, 7) is 2.07.